The molecule has 2 aromatic rings. The molecule has 0 saturated carbocycles. The molecule has 18 heavy (non-hydrogen) atoms. The van der Waals surface area contributed by atoms with Crippen molar-refractivity contribution < 1.29 is 9.21 Å². The number of amides is 1. The number of carbonyl (C=O) groups is 1. The quantitative estimate of drug-likeness (QED) is 0.852. The van der Waals surface area contributed by atoms with Gasteiger partial charge in [0.1, 0.15) is 11.5 Å². The molecule has 0 saturated heterocycles. The van der Waals surface area contributed by atoms with E-state index in [9.17, 15) is 9.59 Å². The van der Waals surface area contributed by atoms with Crippen LogP contribution in [0.25, 0.3) is 11.5 Å². The number of nitrogens with zero attached hydrogens (tertiary/aromatic N) is 1. The Kier molecular flexibility index (Phi) is 3.27. The molecular weight excluding hydrogens is 234 g/mol. The summed E-state index contributed by atoms with van der Waals surface area (Å²) in [6, 6.07) is 4.85. The van der Waals surface area contributed by atoms with Crippen molar-refractivity contribution in [1.29, 1.82) is 0 Å². The molecule has 0 radical (unpaired) electrons. The van der Waals surface area contributed by atoms with Gasteiger partial charge in [-0.2, -0.15) is 4.98 Å². The second-order valence-electron chi connectivity index (χ2n) is 4.09. The summed E-state index contributed by atoms with van der Waals surface area (Å²) >= 11 is 0. The summed E-state index contributed by atoms with van der Waals surface area (Å²) in [5, 5.41) is 2.67. The van der Waals surface area contributed by atoms with Gasteiger partial charge in [0.2, 0.25) is 0 Å². The summed E-state index contributed by atoms with van der Waals surface area (Å²) in [5.41, 5.74) is -0.0921. The van der Waals surface area contributed by atoms with Gasteiger partial charge < -0.3 is 14.7 Å². The number of nitrogens with one attached hydrogen (secondary N) is 2. The molecule has 0 spiro atoms. The van der Waals surface area contributed by atoms with Crippen molar-refractivity contribution in [1.82, 2.24) is 15.3 Å². The minimum absolute atomic E-state index is 0.0225. The van der Waals surface area contributed by atoms with Gasteiger partial charge in [0, 0.05) is 6.04 Å². The lowest BCUT2D eigenvalue weighted by Crippen LogP contribution is -2.32. The number of hydrogen-bond acceptors (Lipinski definition) is 4. The standard InChI is InChI=1S/C12H13N3O3/c1-7(2)13-11(16)9-6-8(14-12(17)15-9)10-4-3-5-18-10/h3-7H,1-2H3,(H,13,16)(H,14,15,17). The molecule has 0 aliphatic heterocycles. The van der Waals surface area contributed by atoms with E-state index in [0.717, 1.165) is 0 Å². The van der Waals surface area contributed by atoms with Crippen LogP contribution >= 0.6 is 0 Å². The molecular formula is C12H13N3O3. The molecule has 2 aromatic heterocycles. The Labute approximate surface area is 103 Å². The molecule has 0 aliphatic rings. The van der Waals surface area contributed by atoms with Crippen LogP contribution in [-0.4, -0.2) is 21.9 Å². The highest BCUT2D eigenvalue weighted by atomic mass is 16.3. The van der Waals surface area contributed by atoms with Gasteiger partial charge in [0.05, 0.1) is 12.0 Å². The van der Waals surface area contributed by atoms with Gasteiger partial charge in [0.25, 0.3) is 5.91 Å². The van der Waals surface area contributed by atoms with Crippen LogP contribution in [0.4, 0.5) is 0 Å². The summed E-state index contributed by atoms with van der Waals surface area (Å²) in [7, 11) is 0. The highest BCUT2D eigenvalue weighted by Crippen LogP contribution is 2.16. The molecule has 2 N–H and O–H groups in total. The number of carbonyl (C=O) groups excluding carboxylic acids is 1. The second kappa shape index (κ2) is 4.87. The molecule has 0 atom stereocenters. The van der Waals surface area contributed by atoms with Crippen molar-refractivity contribution in [3.8, 4) is 11.5 Å². The maximum absolute atomic E-state index is 11.8. The largest absolute Gasteiger partial charge is 0.463 e. The Morgan fingerprint density at radius 2 is 2.28 bits per heavy atom. The first kappa shape index (κ1) is 12.1. The lowest BCUT2D eigenvalue weighted by atomic mass is 10.2. The molecule has 0 aromatic carbocycles. The van der Waals surface area contributed by atoms with Crippen LogP contribution in [-0.2, 0) is 0 Å². The zero-order valence-corrected chi connectivity index (χ0v) is 10.1. The Hall–Kier alpha value is -2.37. The smallest absolute Gasteiger partial charge is 0.346 e. The van der Waals surface area contributed by atoms with Crippen molar-refractivity contribution >= 4 is 5.91 Å². The molecule has 2 heterocycles. The molecule has 94 valence electrons. The van der Waals surface area contributed by atoms with Crippen LogP contribution in [0.2, 0.25) is 0 Å². The Balaban J connectivity index is 2.39. The first-order chi connectivity index (χ1) is 8.56. The van der Waals surface area contributed by atoms with Crippen LogP contribution < -0.4 is 11.0 Å². The van der Waals surface area contributed by atoms with E-state index in [1.807, 2.05) is 13.8 Å². The van der Waals surface area contributed by atoms with E-state index in [4.69, 9.17) is 4.42 Å². The molecule has 2 rings (SSSR count). The SMILES string of the molecule is CC(C)NC(=O)c1cc(-c2ccco2)[nH]c(=O)n1. The molecule has 0 aliphatic carbocycles. The average Bonchev–Trinajstić information content (AvgIpc) is 2.80. The fourth-order valence-corrected chi connectivity index (χ4v) is 1.47. The molecule has 1 amide bonds. The van der Waals surface area contributed by atoms with Gasteiger partial charge in [-0.1, -0.05) is 0 Å². The molecule has 6 nitrogen and oxygen atoms in total. The number of aromatic nitrogens is 2. The summed E-state index contributed by atoms with van der Waals surface area (Å²) in [6.07, 6.45) is 1.49. The van der Waals surface area contributed by atoms with Crippen LogP contribution in [0, 0.1) is 0 Å². The van der Waals surface area contributed by atoms with Gasteiger partial charge in [-0.3, -0.25) is 4.79 Å². The van der Waals surface area contributed by atoms with Crippen LogP contribution in [0.1, 0.15) is 24.3 Å². The van der Waals surface area contributed by atoms with Crippen molar-refractivity contribution in [2.75, 3.05) is 0 Å². The van der Waals surface area contributed by atoms with E-state index in [2.05, 4.69) is 15.3 Å². The highest BCUT2D eigenvalue weighted by molar-refractivity contribution is 5.93. The van der Waals surface area contributed by atoms with Gasteiger partial charge >= 0.3 is 5.69 Å². The summed E-state index contributed by atoms with van der Waals surface area (Å²) in [6.45, 7) is 3.66. The van der Waals surface area contributed by atoms with E-state index in [1.165, 1.54) is 12.3 Å². The Morgan fingerprint density at radius 1 is 1.50 bits per heavy atom. The summed E-state index contributed by atoms with van der Waals surface area (Å²) < 4.78 is 5.16. The minimum Gasteiger partial charge on any atom is -0.463 e. The van der Waals surface area contributed by atoms with Crippen LogP contribution in [0.15, 0.2) is 33.7 Å². The number of rotatable bonds is 3. The normalized spacial score (nSPS) is 10.6. The minimum atomic E-state index is -0.585. The maximum atomic E-state index is 11.8. The van der Waals surface area contributed by atoms with E-state index >= 15 is 0 Å². The third kappa shape index (κ3) is 2.65. The monoisotopic (exact) mass is 247 g/mol. The molecule has 6 heteroatoms. The molecule has 0 bridgehead atoms. The van der Waals surface area contributed by atoms with Gasteiger partial charge in [0.15, 0.2) is 0 Å². The Bertz CT molecular complexity index is 599. The zero-order valence-electron chi connectivity index (χ0n) is 10.1. The predicted molar refractivity (Wildman–Crippen MR) is 65.2 cm³/mol. The van der Waals surface area contributed by atoms with Crippen LogP contribution in [0.5, 0.6) is 0 Å². The van der Waals surface area contributed by atoms with Crippen molar-refractivity contribution in [3.63, 3.8) is 0 Å². The number of H-pyrrole nitrogens is 1. The fraction of sp³-hybridized carbons (Fsp3) is 0.250. The first-order valence-corrected chi connectivity index (χ1v) is 5.52. The van der Waals surface area contributed by atoms with Crippen molar-refractivity contribution in [2.24, 2.45) is 0 Å². The average molecular weight is 247 g/mol. The summed E-state index contributed by atoms with van der Waals surface area (Å²) in [4.78, 5) is 29.3. The second-order valence-corrected chi connectivity index (χ2v) is 4.09. The third-order valence-electron chi connectivity index (χ3n) is 2.18. The topological polar surface area (TPSA) is 88.0 Å². The van der Waals surface area contributed by atoms with Crippen molar-refractivity contribution in [3.05, 3.63) is 40.6 Å². The fourth-order valence-electron chi connectivity index (χ4n) is 1.47. The lowest BCUT2D eigenvalue weighted by Gasteiger charge is -2.07. The lowest BCUT2D eigenvalue weighted by molar-refractivity contribution is 0.0937. The van der Waals surface area contributed by atoms with Gasteiger partial charge in [-0.05, 0) is 32.0 Å². The van der Waals surface area contributed by atoms with Crippen LogP contribution in [0.3, 0.4) is 0 Å². The number of aromatic amines is 1. The Morgan fingerprint density at radius 3 is 2.89 bits per heavy atom. The van der Waals surface area contributed by atoms with Gasteiger partial charge in [-0.25, -0.2) is 4.79 Å². The van der Waals surface area contributed by atoms with Crippen molar-refractivity contribution in [2.45, 2.75) is 19.9 Å². The molecule has 0 unspecified atom stereocenters. The highest BCUT2D eigenvalue weighted by Gasteiger charge is 2.12. The number of hydrogen-bond donors (Lipinski definition) is 2. The number of furan rings is 1. The third-order valence-corrected chi connectivity index (χ3v) is 2.18. The van der Waals surface area contributed by atoms with E-state index < -0.39 is 5.69 Å². The predicted octanol–water partition coefficient (Wildman–Crippen LogP) is 1.17. The van der Waals surface area contributed by atoms with Gasteiger partial charge in [-0.15, -0.1) is 0 Å². The zero-order chi connectivity index (χ0) is 13.1. The first-order valence-electron chi connectivity index (χ1n) is 5.52. The summed E-state index contributed by atoms with van der Waals surface area (Å²) in [5.74, 6) is 0.0944. The van der Waals surface area contributed by atoms with E-state index in [-0.39, 0.29) is 17.6 Å². The van der Waals surface area contributed by atoms with E-state index in [0.29, 0.717) is 11.5 Å². The molecule has 0 fully saturated rings. The van der Waals surface area contributed by atoms with E-state index in [1.54, 1.807) is 12.1 Å². The maximum Gasteiger partial charge on any atom is 0.346 e.